The Hall–Kier alpha value is -1.84. The van der Waals surface area contributed by atoms with Crippen molar-refractivity contribution in [2.24, 2.45) is 0 Å². The molecular formula is C20H28N2O2. The van der Waals surface area contributed by atoms with Crippen LogP contribution in [0.25, 0.3) is 0 Å². The van der Waals surface area contributed by atoms with Gasteiger partial charge in [-0.3, -0.25) is 9.59 Å². The number of amides is 2. The van der Waals surface area contributed by atoms with Crippen molar-refractivity contribution >= 4 is 11.8 Å². The lowest BCUT2D eigenvalue weighted by molar-refractivity contribution is -0.142. The van der Waals surface area contributed by atoms with Gasteiger partial charge in [0.25, 0.3) is 0 Å². The van der Waals surface area contributed by atoms with Gasteiger partial charge in [0.2, 0.25) is 11.8 Å². The van der Waals surface area contributed by atoms with Gasteiger partial charge >= 0.3 is 0 Å². The zero-order valence-corrected chi connectivity index (χ0v) is 14.7. The van der Waals surface area contributed by atoms with Crippen LogP contribution in [0.4, 0.5) is 0 Å². The van der Waals surface area contributed by atoms with E-state index in [1.54, 1.807) is 6.92 Å². The van der Waals surface area contributed by atoms with Gasteiger partial charge in [0.05, 0.1) is 0 Å². The van der Waals surface area contributed by atoms with E-state index in [4.69, 9.17) is 0 Å². The fraction of sp³-hybridized carbons (Fsp3) is 0.600. The van der Waals surface area contributed by atoms with Gasteiger partial charge in [0.1, 0.15) is 6.54 Å². The first-order valence-corrected chi connectivity index (χ1v) is 9.27. The van der Waals surface area contributed by atoms with E-state index in [9.17, 15) is 9.59 Å². The van der Waals surface area contributed by atoms with Crippen molar-refractivity contribution in [3.63, 3.8) is 0 Å². The van der Waals surface area contributed by atoms with Crippen molar-refractivity contribution in [3.05, 3.63) is 35.4 Å². The second-order valence-electron chi connectivity index (χ2n) is 7.13. The Balaban J connectivity index is 1.64. The van der Waals surface area contributed by atoms with E-state index in [1.807, 2.05) is 15.9 Å². The standard InChI is InChI=1S/C20H28N2O2/c1-16(23)22(19-10-4-2-3-5-11-19)15-20(24)21-13-12-17-8-6-7-9-18(17)14-21/h6-9,19H,2-5,10-15H2,1H3. The van der Waals surface area contributed by atoms with Crippen LogP contribution in [0.1, 0.15) is 56.6 Å². The summed E-state index contributed by atoms with van der Waals surface area (Å²) in [5.74, 6) is 0.122. The minimum Gasteiger partial charge on any atom is -0.336 e. The number of hydrogen-bond acceptors (Lipinski definition) is 2. The molecule has 0 radical (unpaired) electrons. The summed E-state index contributed by atoms with van der Waals surface area (Å²) in [5, 5.41) is 0. The third-order valence-corrected chi connectivity index (χ3v) is 5.46. The normalized spacial score (nSPS) is 18.6. The van der Waals surface area contributed by atoms with Crippen LogP contribution in [0.2, 0.25) is 0 Å². The Kier molecular flexibility index (Phi) is 5.54. The number of benzene rings is 1. The predicted octanol–water partition coefficient (Wildman–Crippen LogP) is 3.14. The van der Waals surface area contributed by atoms with Gasteiger partial charge in [-0.25, -0.2) is 0 Å². The first-order valence-electron chi connectivity index (χ1n) is 9.27. The first kappa shape index (κ1) is 17.0. The van der Waals surface area contributed by atoms with Gasteiger partial charge in [0.15, 0.2) is 0 Å². The summed E-state index contributed by atoms with van der Waals surface area (Å²) >= 11 is 0. The Labute approximate surface area is 144 Å². The largest absolute Gasteiger partial charge is 0.336 e. The number of nitrogens with zero attached hydrogens (tertiary/aromatic N) is 2. The Bertz CT molecular complexity index is 591. The number of carbonyl (C=O) groups excluding carboxylic acids is 2. The molecule has 1 aliphatic heterocycles. The van der Waals surface area contributed by atoms with Crippen LogP contribution in [0.3, 0.4) is 0 Å². The van der Waals surface area contributed by atoms with Crippen LogP contribution >= 0.6 is 0 Å². The lowest BCUT2D eigenvalue weighted by atomic mass is 10.00. The van der Waals surface area contributed by atoms with E-state index in [2.05, 4.69) is 18.2 Å². The highest BCUT2D eigenvalue weighted by atomic mass is 16.2. The van der Waals surface area contributed by atoms with Crippen molar-refractivity contribution in [1.29, 1.82) is 0 Å². The van der Waals surface area contributed by atoms with Crippen molar-refractivity contribution in [2.45, 2.75) is 64.5 Å². The molecule has 1 aromatic carbocycles. The SMILES string of the molecule is CC(=O)N(CC(=O)N1CCc2ccccc2C1)C1CCCCCC1. The molecule has 4 heteroatoms. The summed E-state index contributed by atoms with van der Waals surface area (Å²) in [6.07, 6.45) is 7.81. The molecule has 0 spiro atoms. The van der Waals surface area contributed by atoms with E-state index in [-0.39, 0.29) is 24.4 Å². The highest BCUT2D eigenvalue weighted by molar-refractivity contribution is 5.84. The maximum Gasteiger partial charge on any atom is 0.242 e. The fourth-order valence-electron chi connectivity index (χ4n) is 4.02. The predicted molar refractivity (Wildman–Crippen MR) is 94.4 cm³/mol. The van der Waals surface area contributed by atoms with Crippen LogP contribution in [0.5, 0.6) is 0 Å². The topological polar surface area (TPSA) is 40.6 Å². The molecule has 1 fully saturated rings. The fourth-order valence-corrected chi connectivity index (χ4v) is 4.02. The molecular weight excluding hydrogens is 300 g/mol. The van der Waals surface area contributed by atoms with E-state index < -0.39 is 0 Å². The summed E-state index contributed by atoms with van der Waals surface area (Å²) in [6, 6.07) is 8.57. The maximum absolute atomic E-state index is 12.8. The molecule has 0 unspecified atom stereocenters. The highest BCUT2D eigenvalue weighted by Crippen LogP contribution is 2.23. The summed E-state index contributed by atoms with van der Waals surface area (Å²) < 4.78 is 0. The molecule has 1 saturated carbocycles. The number of fused-ring (bicyclic) bond motifs is 1. The van der Waals surface area contributed by atoms with E-state index in [1.165, 1.54) is 36.8 Å². The van der Waals surface area contributed by atoms with Crippen LogP contribution < -0.4 is 0 Å². The van der Waals surface area contributed by atoms with E-state index in [0.29, 0.717) is 6.54 Å². The summed E-state index contributed by atoms with van der Waals surface area (Å²) in [7, 11) is 0. The molecule has 0 aromatic heterocycles. The molecule has 0 N–H and O–H groups in total. The molecule has 0 saturated heterocycles. The van der Waals surface area contributed by atoms with Crippen LogP contribution in [0.15, 0.2) is 24.3 Å². The highest BCUT2D eigenvalue weighted by Gasteiger charge is 2.27. The second kappa shape index (κ2) is 7.82. The van der Waals surface area contributed by atoms with E-state index in [0.717, 1.165) is 25.8 Å². The molecule has 0 atom stereocenters. The number of hydrogen-bond donors (Lipinski definition) is 0. The molecule has 4 nitrogen and oxygen atoms in total. The molecule has 130 valence electrons. The lowest BCUT2D eigenvalue weighted by Crippen LogP contribution is -2.47. The zero-order chi connectivity index (χ0) is 16.9. The molecule has 1 aromatic rings. The van der Waals surface area contributed by atoms with Crippen molar-refractivity contribution in [1.82, 2.24) is 9.80 Å². The summed E-state index contributed by atoms with van der Waals surface area (Å²) in [4.78, 5) is 28.6. The maximum atomic E-state index is 12.8. The monoisotopic (exact) mass is 328 g/mol. The molecule has 3 rings (SSSR count). The zero-order valence-electron chi connectivity index (χ0n) is 14.7. The van der Waals surface area contributed by atoms with Crippen molar-refractivity contribution < 1.29 is 9.59 Å². The van der Waals surface area contributed by atoms with Gasteiger partial charge in [-0.05, 0) is 30.4 Å². The van der Waals surface area contributed by atoms with Gasteiger partial charge in [-0.2, -0.15) is 0 Å². The molecule has 2 aliphatic rings. The Morgan fingerprint density at radius 3 is 2.42 bits per heavy atom. The van der Waals surface area contributed by atoms with Crippen molar-refractivity contribution in [2.75, 3.05) is 13.1 Å². The third kappa shape index (κ3) is 3.97. The first-order chi connectivity index (χ1) is 11.6. The minimum absolute atomic E-state index is 0.0349. The summed E-state index contributed by atoms with van der Waals surface area (Å²) in [5.41, 5.74) is 2.58. The third-order valence-electron chi connectivity index (χ3n) is 5.46. The summed E-state index contributed by atoms with van der Waals surface area (Å²) in [6.45, 7) is 3.27. The average molecular weight is 328 g/mol. The van der Waals surface area contributed by atoms with E-state index >= 15 is 0 Å². The average Bonchev–Trinajstić information content (AvgIpc) is 2.88. The smallest absolute Gasteiger partial charge is 0.242 e. The quantitative estimate of drug-likeness (QED) is 0.800. The van der Waals surface area contributed by atoms with Gasteiger partial charge < -0.3 is 9.80 Å². The second-order valence-corrected chi connectivity index (χ2v) is 7.13. The van der Waals surface area contributed by atoms with Crippen LogP contribution in [0, 0.1) is 0 Å². The molecule has 1 aliphatic carbocycles. The minimum atomic E-state index is 0.0349. The van der Waals surface area contributed by atoms with Crippen molar-refractivity contribution in [3.8, 4) is 0 Å². The number of carbonyl (C=O) groups is 2. The lowest BCUT2D eigenvalue weighted by Gasteiger charge is -2.34. The van der Waals surface area contributed by atoms with Crippen LogP contribution in [-0.2, 0) is 22.6 Å². The van der Waals surface area contributed by atoms with Gasteiger partial charge in [-0.15, -0.1) is 0 Å². The molecule has 2 amide bonds. The Morgan fingerprint density at radius 1 is 1.08 bits per heavy atom. The molecule has 24 heavy (non-hydrogen) atoms. The van der Waals surface area contributed by atoms with Gasteiger partial charge in [-0.1, -0.05) is 49.9 Å². The van der Waals surface area contributed by atoms with Crippen LogP contribution in [-0.4, -0.2) is 40.7 Å². The Morgan fingerprint density at radius 2 is 1.75 bits per heavy atom. The van der Waals surface area contributed by atoms with Gasteiger partial charge in [0, 0.05) is 26.1 Å². The number of rotatable bonds is 3. The molecule has 1 heterocycles. The molecule has 0 bridgehead atoms.